The first-order valence-corrected chi connectivity index (χ1v) is 14.3. The lowest BCUT2D eigenvalue weighted by atomic mass is 9.90. The molecule has 2 aromatic heterocycles. The molecule has 1 aliphatic rings. The Morgan fingerprint density at radius 1 is 1.17 bits per heavy atom. The van der Waals surface area contributed by atoms with Gasteiger partial charge < -0.3 is 18.9 Å². The standard InChI is InChI=1S/C29H36ClFN4O6/c1-5-7-11-14-39-25-23-24(33-28(30)34-25)35(17-32-23)26-22(31)18(3)21(41-26)16-40-29(19(4)36,27(37)38-6-2)15-20-12-9-8-10-13-20/h8-10,12-13,17-18,21-22,26H,5-7,11,14-16H2,1-4H3/t18-,21-,22+,26-,29?/m1/s1. The number of benzene rings is 1. The zero-order valence-corrected chi connectivity index (χ0v) is 24.5. The van der Waals surface area contributed by atoms with Gasteiger partial charge in [-0.3, -0.25) is 9.36 Å². The summed E-state index contributed by atoms with van der Waals surface area (Å²) in [6, 6.07) is 9.03. The number of ether oxygens (including phenoxy) is 4. The van der Waals surface area contributed by atoms with E-state index >= 15 is 4.39 Å². The Hall–Kier alpha value is -3.15. The van der Waals surface area contributed by atoms with E-state index in [0.717, 1.165) is 19.3 Å². The second-order valence-corrected chi connectivity index (χ2v) is 10.5. The Bertz CT molecular complexity index is 1340. The maximum atomic E-state index is 15.7. The smallest absolute Gasteiger partial charge is 0.346 e. The number of fused-ring (bicyclic) bond motifs is 1. The highest BCUT2D eigenvalue weighted by molar-refractivity contribution is 6.28. The number of ketones is 1. The molecule has 5 atom stereocenters. The predicted octanol–water partition coefficient (Wildman–Crippen LogP) is 5.07. The highest BCUT2D eigenvalue weighted by atomic mass is 35.5. The van der Waals surface area contributed by atoms with Crippen molar-refractivity contribution < 1.29 is 32.9 Å². The summed E-state index contributed by atoms with van der Waals surface area (Å²) in [6.45, 7) is 6.99. The molecule has 41 heavy (non-hydrogen) atoms. The average Bonchev–Trinajstić information content (AvgIpc) is 3.49. The number of esters is 1. The van der Waals surface area contributed by atoms with E-state index < -0.39 is 41.8 Å². The molecule has 1 aliphatic heterocycles. The first kappa shape index (κ1) is 30.8. The fourth-order valence-corrected chi connectivity index (χ4v) is 4.99. The molecule has 0 bridgehead atoms. The van der Waals surface area contributed by atoms with Gasteiger partial charge in [0.25, 0.3) is 0 Å². The van der Waals surface area contributed by atoms with Crippen molar-refractivity contribution >= 4 is 34.5 Å². The number of carbonyl (C=O) groups is 2. The van der Waals surface area contributed by atoms with Gasteiger partial charge in [0.05, 0.1) is 32.3 Å². The van der Waals surface area contributed by atoms with E-state index in [4.69, 9.17) is 30.5 Å². The van der Waals surface area contributed by atoms with E-state index in [1.807, 2.05) is 6.07 Å². The lowest BCUT2D eigenvalue weighted by Gasteiger charge is -2.31. The minimum Gasteiger partial charge on any atom is -0.476 e. The van der Waals surface area contributed by atoms with Gasteiger partial charge in [-0.25, -0.2) is 14.2 Å². The van der Waals surface area contributed by atoms with E-state index in [1.165, 1.54) is 17.8 Å². The van der Waals surface area contributed by atoms with Gasteiger partial charge in [0, 0.05) is 12.3 Å². The molecule has 12 heteroatoms. The molecule has 3 heterocycles. The van der Waals surface area contributed by atoms with Crippen LogP contribution in [0, 0.1) is 5.92 Å². The normalized spacial score (nSPS) is 22.0. The maximum Gasteiger partial charge on any atom is 0.346 e. The van der Waals surface area contributed by atoms with Crippen LogP contribution in [0.5, 0.6) is 5.88 Å². The van der Waals surface area contributed by atoms with Crippen molar-refractivity contribution in [3.63, 3.8) is 0 Å². The van der Waals surface area contributed by atoms with Crippen LogP contribution in [0.25, 0.3) is 11.2 Å². The molecule has 1 aromatic carbocycles. The number of nitrogens with zero attached hydrogens (tertiary/aromatic N) is 4. The second kappa shape index (κ2) is 13.7. The van der Waals surface area contributed by atoms with Gasteiger partial charge in [0.2, 0.25) is 16.8 Å². The zero-order chi connectivity index (χ0) is 29.6. The van der Waals surface area contributed by atoms with Crippen LogP contribution in [-0.2, 0) is 30.2 Å². The Kier molecular flexibility index (Phi) is 10.3. The van der Waals surface area contributed by atoms with Gasteiger partial charge in [0.1, 0.15) is 0 Å². The van der Waals surface area contributed by atoms with E-state index in [1.54, 1.807) is 38.1 Å². The molecule has 0 N–H and O–H groups in total. The molecule has 1 saturated heterocycles. The molecule has 3 aromatic rings. The van der Waals surface area contributed by atoms with Crippen molar-refractivity contribution in [3.05, 3.63) is 47.5 Å². The third kappa shape index (κ3) is 6.68. The number of carbonyl (C=O) groups excluding carboxylic acids is 2. The molecular weight excluding hydrogens is 555 g/mol. The summed E-state index contributed by atoms with van der Waals surface area (Å²) in [4.78, 5) is 38.8. The minimum absolute atomic E-state index is 0.0335. The number of imidazole rings is 1. The molecule has 0 radical (unpaired) electrons. The SMILES string of the molecule is CCCCCOc1nc(Cl)nc2c1ncn2[C@@H]1O[C@H](COC(Cc2ccccc2)(C(C)=O)C(=O)OCC)[C@@H](C)[C@@H]1F. The molecular formula is C29H36ClFN4O6. The average molecular weight is 591 g/mol. The molecule has 0 spiro atoms. The number of alkyl halides is 1. The topological polar surface area (TPSA) is 115 Å². The van der Waals surface area contributed by atoms with Gasteiger partial charge in [-0.2, -0.15) is 9.97 Å². The van der Waals surface area contributed by atoms with Gasteiger partial charge >= 0.3 is 5.97 Å². The van der Waals surface area contributed by atoms with E-state index in [-0.39, 0.29) is 36.4 Å². The first-order chi connectivity index (χ1) is 19.7. The fraction of sp³-hybridized carbons (Fsp3) is 0.552. The van der Waals surface area contributed by atoms with E-state index in [9.17, 15) is 9.59 Å². The molecule has 4 rings (SSSR count). The summed E-state index contributed by atoms with van der Waals surface area (Å²) < 4.78 is 40.4. The van der Waals surface area contributed by atoms with Crippen LogP contribution < -0.4 is 4.74 Å². The summed E-state index contributed by atoms with van der Waals surface area (Å²) >= 11 is 6.17. The van der Waals surface area contributed by atoms with Crippen molar-refractivity contribution in [2.24, 2.45) is 5.92 Å². The molecule has 0 aliphatic carbocycles. The van der Waals surface area contributed by atoms with Crippen LogP contribution >= 0.6 is 11.6 Å². The summed E-state index contributed by atoms with van der Waals surface area (Å²) in [5, 5.41) is -0.0623. The monoisotopic (exact) mass is 590 g/mol. The lowest BCUT2D eigenvalue weighted by molar-refractivity contribution is -0.182. The van der Waals surface area contributed by atoms with Gasteiger partial charge in [-0.1, -0.05) is 57.0 Å². The Labute approximate surface area is 243 Å². The molecule has 1 unspecified atom stereocenters. The zero-order valence-electron chi connectivity index (χ0n) is 23.7. The number of halogens is 2. The molecule has 0 saturated carbocycles. The van der Waals surface area contributed by atoms with Gasteiger partial charge in [-0.05, 0) is 37.4 Å². The van der Waals surface area contributed by atoms with Crippen molar-refractivity contribution in [2.75, 3.05) is 19.8 Å². The van der Waals surface area contributed by atoms with Crippen LogP contribution in [0.1, 0.15) is 58.7 Å². The molecule has 0 amide bonds. The number of hydrogen-bond acceptors (Lipinski definition) is 9. The first-order valence-electron chi connectivity index (χ1n) is 13.9. The van der Waals surface area contributed by atoms with Crippen LogP contribution in [0.2, 0.25) is 5.28 Å². The molecule has 1 fully saturated rings. The Balaban J connectivity index is 1.56. The fourth-order valence-electron chi connectivity index (χ4n) is 4.83. The highest BCUT2D eigenvalue weighted by Gasteiger charge is 2.50. The van der Waals surface area contributed by atoms with E-state index in [2.05, 4.69) is 21.9 Å². The van der Waals surface area contributed by atoms with Crippen LogP contribution in [0.3, 0.4) is 0 Å². The largest absolute Gasteiger partial charge is 0.476 e. The highest BCUT2D eigenvalue weighted by Crippen LogP contribution is 2.39. The van der Waals surface area contributed by atoms with Crippen molar-refractivity contribution in [1.29, 1.82) is 0 Å². The van der Waals surface area contributed by atoms with Crippen LogP contribution in [0.15, 0.2) is 36.7 Å². The number of rotatable bonds is 14. The number of unbranched alkanes of at least 4 members (excludes halogenated alkanes) is 2. The Morgan fingerprint density at radius 2 is 1.93 bits per heavy atom. The quantitative estimate of drug-likeness (QED) is 0.110. The van der Waals surface area contributed by atoms with Crippen molar-refractivity contribution in [3.8, 4) is 5.88 Å². The minimum atomic E-state index is -1.91. The third-order valence-corrected chi connectivity index (χ3v) is 7.43. The van der Waals surface area contributed by atoms with E-state index in [0.29, 0.717) is 17.7 Å². The maximum absolute atomic E-state index is 15.7. The van der Waals surface area contributed by atoms with Crippen molar-refractivity contribution in [2.45, 2.75) is 77.5 Å². The van der Waals surface area contributed by atoms with Gasteiger partial charge in [-0.15, -0.1) is 0 Å². The molecule has 222 valence electrons. The predicted molar refractivity (Wildman–Crippen MR) is 149 cm³/mol. The summed E-state index contributed by atoms with van der Waals surface area (Å²) in [5.41, 5.74) is -0.580. The van der Waals surface area contributed by atoms with Crippen LogP contribution in [0.4, 0.5) is 4.39 Å². The second-order valence-electron chi connectivity index (χ2n) is 10.1. The third-order valence-electron chi connectivity index (χ3n) is 7.26. The summed E-state index contributed by atoms with van der Waals surface area (Å²) in [7, 11) is 0. The number of Topliss-reactive ketones (excluding diaryl/α,β-unsaturated/α-hetero) is 1. The van der Waals surface area contributed by atoms with Gasteiger partial charge in [0.15, 0.2) is 29.3 Å². The van der Waals surface area contributed by atoms with Crippen molar-refractivity contribution in [1.82, 2.24) is 19.5 Å². The lowest BCUT2D eigenvalue weighted by Crippen LogP contribution is -2.52. The number of hydrogen-bond donors (Lipinski definition) is 0. The van der Waals surface area contributed by atoms with Crippen LogP contribution in [-0.4, -0.2) is 69.0 Å². The Morgan fingerprint density at radius 3 is 2.61 bits per heavy atom. The molecule has 10 nitrogen and oxygen atoms in total. The summed E-state index contributed by atoms with van der Waals surface area (Å²) in [5.74, 6) is -1.74. The summed E-state index contributed by atoms with van der Waals surface area (Å²) in [6.07, 6.45) is 0.886. The number of aromatic nitrogens is 4.